The van der Waals surface area contributed by atoms with Crippen molar-refractivity contribution in [2.75, 3.05) is 42.7 Å². The lowest BCUT2D eigenvalue weighted by atomic mass is 9.93. The van der Waals surface area contributed by atoms with Crippen LogP contribution in [0.15, 0.2) is 30.7 Å². The summed E-state index contributed by atoms with van der Waals surface area (Å²) in [6, 6.07) is 4.95. The molecule has 4 rings (SSSR count). The average molecular weight is 361 g/mol. The SMILES string of the molecule is CN(C)c1cc(N2CC3(C[C@@H](Oc4ncccc4F)CS3)C2)ncn1. The Labute approximate surface area is 150 Å². The third kappa shape index (κ3) is 3.22. The third-order valence-corrected chi connectivity index (χ3v) is 6.13. The van der Waals surface area contributed by atoms with E-state index >= 15 is 0 Å². The van der Waals surface area contributed by atoms with Crippen LogP contribution in [0.4, 0.5) is 16.0 Å². The fourth-order valence-electron chi connectivity index (χ4n) is 3.28. The zero-order chi connectivity index (χ0) is 17.4. The topological polar surface area (TPSA) is 54.4 Å². The first-order valence-corrected chi connectivity index (χ1v) is 9.19. The summed E-state index contributed by atoms with van der Waals surface area (Å²) in [5.41, 5.74) is 0. The summed E-state index contributed by atoms with van der Waals surface area (Å²) in [5.74, 6) is 2.41. The smallest absolute Gasteiger partial charge is 0.250 e. The number of hydrogen-bond acceptors (Lipinski definition) is 7. The molecule has 2 aliphatic heterocycles. The molecule has 0 amide bonds. The summed E-state index contributed by atoms with van der Waals surface area (Å²) in [4.78, 5) is 16.8. The second-order valence-corrected chi connectivity index (χ2v) is 8.20. The van der Waals surface area contributed by atoms with Crippen LogP contribution in [0.25, 0.3) is 0 Å². The summed E-state index contributed by atoms with van der Waals surface area (Å²) in [7, 11) is 3.93. The highest BCUT2D eigenvalue weighted by Crippen LogP contribution is 2.47. The van der Waals surface area contributed by atoms with Crippen LogP contribution in [0.3, 0.4) is 0 Å². The van der Waals surface area contributed by atoms with Crippen LogP contribution < -0.4 is 14.5 Å². The van der Waals surface area contributed by atoms with E-state index in [1.807, 2.05) is 36.8 Å². The molecule has 0 aromatic carbocycles. The largest absolute Gasteiger partial charge is 0.471 e. The van der Waals surface area contributed by atoms with Crippen molar-refractivity contribution < 1.29 is 9.13 Å². The van der Waals surface area contributed by atoms with Gasteiger partial charge in [0.1, 0.15) is 24.1 Å². The summed E-state index contributed by atoms with van der Waals surface area (Å²) < 4.78 is 19.6. The molecular weight excluding hydrogens is 341 g/mol. The van der Waals surface area contributed by atoms with Gasteiger partial charge in [-0.3, -0.25) is 0 Å². The molecule has 0 bridgehead atoms. The first kappa shape index (κ1) is 16.4. The third-order valence-electron chi connectivity index (χ3n) is 4.56. The lowest BCUT2D eigenvalue weighted by Gasteiger charge is -2.48. The van der Waals surface area contributed by atoms with Gasteiger partial charge >= 0.3 is 0 Å². The molecule has 2 aromatic rings. The second kappa shape index (κ2) is 6.33. The van der Waals surface area contributed by atoms with Crippen LogP contribution in [0.2, 0.25) is 0 Å². The maximum absolute atomic E-state index is 13.7. The summed E-state index contributed by atoms with van der Waals surface area (Å²) in [6.45, 7) is 1.85. The predicted molar refractivity (Wildman–Crippen MR) is 97.0 cm³/mol. The predicted octanol–water partition coefficient (Wildman–Crippen LogP) is 2.22. The highest BCUT2D eigenvalue weighted by Gasteiger charge is 2.50. The Hall–Kier alpha value is -2.09. The van der Waals surface area contributed by atoms with Gasteiger partial charge in [0.05, 0.1) is 4.75 Å². The zero-order valence-electron chi connectivity index (χ0n) is 14.2. The summed E-state index contributed by atoms with van der Waals surface area (Å²) >= 11 is 1.90. The maximum Gasteiger partial charge on any atom is 0.250 e. The minimum atomic E-state index is -0.402. The number of hydrogen-bond donors (Lipinski definition) is 0. The molecule has 132 valence electrons. The number of rotatable bonds is 4. The molecular formula is C17H20FN5OS. The molecule has 2 aromatic heterocycles. The molecule has 6 nitrogen and oxygen atoms in total. The summed E-state index contributed by atoms with van der Waals surface area (Å²) in [5, 5.41) is 0. The van der Waals surface area contributed by atoms with Gasteiger partial charge in [0.15, 0.2) is 5.82 Å². The minimum Gasteiger partial charge on any atom is -0.471 e. The van der Waals surface area contributed by atoms with E-state index in [-0.39, 0.29) is 16.7 Å². The van der Waals surface area contributed by atoms with Gasteiger partial charge < -0.3 is 14.5 Å². The first-order valence-electron chi connectivity index (χ1n) is 8.20. The van der Waals surface area contributed by atoms with Crippen LogP contribution in [0, 0.1) is 5.82 Å². The average Bonchev–Trinajstić information content (AvgIpc) is 3.00. The highest BCUT2D eigenvalue weighted by molar-refractivity contribution is 8.01. The second-order valence-electron chi connectivity index (χ2n) is 6.71. The quantitative estimate of drug-likeness (QED) is 0.828. The maximum atomic E-state index is 13.7. The van der Waals surface area contributed by atoms with Crippen LogP contribution in [0.5, 0.6) is 5.88 Å². The molecule has 0 unspecified atom stereocenters. The van der Waals surface area contributed by atoms with Gasteiger partial charge in [-0.15, -0.1) is 11.8 Å². The number of halogens is 1. The highest BCUT2D eigenvalue weighted by atomic mass is 32.2. The van der Waals surface area contributed by atoms with Crippen LogP contribution in [-0.2, 0) is 0 Å². The molecule has 0 N–H and O–H groups in total. The standard InChI is InChI=1S/C17H20FN5OS/c1-22(2)14-6-15(21-11-20-14)23-9-17(10-23)7-12(8-25-17)24-16-13(18)4-3-5-19-16/h3-6,11-12H,7-10H2,1-2H3/t12-/m1/s1. The van der Waals surface area contributed by atoms with E-state index in [1.54, 1.807) is 18.6 Å². The van der Waals surface area contributed by atoms with Crippen molar-refractivity contribution in [3.05, 3.63) is 36.5 Å². The Morgan fingerprint density at radius 3 is 2.92 bits per heavy atom. The number of pyridine rings is 1. The Bertz CT molecular complexity index is 768. The Kier molecular flexibility index (Phi) is 4.15. The van der Waals surface area contributed by atoms with Crippen LogP contribution >= 0.6 is 11.8 Å². The fraction of sp³-hybridized carbons (Fsp3) is 0.471. The Morgan fingerprint density at radius 2 is 2.16 bits per heavy atom. The molecule has 1 spiro atoms. The van der Waals surface area contributed by atoms with Crippen LogP contribution in [0.1, 0.15) is 6.42 Å². The molecule has 8 heteroatoms. The van der Waals surface area contributed by atoms with Gasteiger partial charge in [-0.2, -0.15) is 0 Å². The van der Waals surface area contributed by atoms with Gasteiger partial charge in [0, 0.05) is 51.6 Å². The van der Waals surface area contributed by atoms with Gasteiger partial charge in [-0.05, 0) is 12.1 Å². The number of nitrogens with zero attached hydrogens (tertiary/aromatic N) is 5. The van der Waals surface area contributed by atoms with E-state index in [4.69, 9.17) is 4.74 Å². The number of anilines is 2. The van der Waals surface area contributed by atoms with Crippen molar-refractivity contribution in [1.29, 1.82) is 0 Å². The van der Waals surface area contributed by atoms with Gasteiger partial charge in [-0.25, -0.2) is 19.3 Å². The molecule has 25 heavy (non-hydrogen) atoms. The molecule has 2 fully saturated rings. The van der Waals surface area contributed by atoms with Gasteiger partial charge in [0.25, 0.3) is 5.88 Å². The van der Waals surface area contributed by atoms with Crippen molar-refractivity contribution in [2.45, 2.75) is 17.3 Å². The van der Waals surface area contributed by atoms with E-state index in [9.17, 15) is 4.39 Å². The molecule has 4 heterocycles. The molecule has 2 aliphatic rings. The van der Waals surface area contributed by atoms with E-state index in [1.165, 1.54) is 6.07 Å². The summed E-state index contributed by atoms with van der Waals surface area (Å²) in [6.07, 6.45) is 4.06. The number of ether oxygens (including phenoxy) is 1. The molecule has 0 radical (unpaired) electrons. The van der Waals surface area contributed by atoms with E-state index in [2.05, 4.69) is 19.9 Å². The van der Waals surface area contributed by atoms with Gasteiger partial charge in [-0.1, -0.05) is 0 Å². The van der Waals surface area contributed by atoms with Crippen molar-refractivity contribution in [3.8, 4) is 5.88 Å². The van der Waals surface area contributed by atoms with Crippen molar-refractivity contribution >= 4 is 23.4 Å². The molecule has 2 saturated heterocycles. The lowest BCUT2D eigenvalue weighted by molar-refractivity contribution is 0.185. The number of thioether (sulfide) groups is 1. The fourth-order valence-corrected chi connectivity index (χ4v) is 4.80. The van der Waals surface area contributed by atoms with Crippen molar-refractivity contribution in [3.63, 3.8) is 0 Å². The zero-order valence-corrected chi connectivity index (χ0v) is 15.0. The monoisotopic (exact) mass is 361 g/mol. The molecule has 0 aliphatic carbocycles. The van der Waals surface area contributed by atoms with Crippen LogP contribution in [-0.4, -0.2) is 58.7 Å². The minimum absolute atomic E-state index is 0.000662. The van der Waals surface area contributed by atoms with Crippen molar-refractivity contribution in [2.24, 2.45) is 0 Å². The van der Waals surface area contributed by atoms with Gasteiger partial charge in [0.2, 0.25) is 0 Å². The van der Waals surface area contributed by atoms with Crippen molar-refractivity contribution in [1.82, 2.24) is 15.0 Å². The van der Waals surface area contributed by atoms with E-state index in [0.29, 0.717) is 0 Å². The Morgan fingerprint density at radius 1 is 1.32 bits per heavy atom. The number of aromatic nitrogens is 3. The molecule has 0 saturated carbocycles. The lowest BCUT2D eigenvalue weighted by Crippen LogP contribution is -2.59. The normalized spacial score (nSPS) is 21.2. The Balaban J connectivity index is 1.37. The van der Waals surface area contributed by atoms with E-state index < -0.39 is 5.82 Å². The molecule has 1 atom stereocenters. The van der Waals surface area contributed by atoms with E-state index in [0.717, 1.165) is 36.9 Å². The first-order chi connectivity index (χ1) is 12.0.